The maximum absolute atomic E-state index is 12.3. The molecule has 1 aromatic rings. The van der Waals surface area contributed by atoms with Crippen molar-refractivity contribution in [1.29, 1.82) is 0 Å². The molecular weight excluding hydrogens is 268 g/mol. The van der Waals surface area contributed by atoms with E-state index in [-0.39, 0.29) is 18.6 Å². The zero-order chi connectivity index (χ0) is 14.5. The molecule has 3 rings (SSSR count). The molecule has 2 heterocycles. The zero-order valence-electron chi connectivity index (χ0n) is 12.2. The molecule has 1 aliphatic carbocycles. The fourth-order valence-electron chi connectivity index (χ4n) is 2.63. The fourth-order valence-corrected chi connectivity index (χ4v) is 2.63. The largest absolute Gasteiger partial charge is 0.376 e. The van der Waals surface area contributed by atoms with E-state index in [0.29, 0.717) is 19.2 Å². The number of carbonyl (C=O) groups is 1. The average molecular weight is 290 g/mol. The van der Waals surface area contributed by atoms with Gasteiger partial charge in [-0.1, -0.05) is 0 Å². The SMILES string of the molecule is O=C(COC[C@H]1CCCO1)N(Cc1ccncc1)C1CC1. The molecule has 1 amide bonds. The van der Waals surface area contributed by atoms with Crippen LogP contribution < -0.4 is 0 Å². The number of amides is 1. The molecule has 2 aliphatic rings. The molecule has 0 spiro atoms. The van der Waals surface area contributed by atoms with Crippen LogP contribution in [0, 0.1) is 0 Å². The Labute approximate surface area is 125 Å². The molecule has 0 radical (unpaired) electrons. The van der Waals surface area contributed by atoms with E-state index in [1.54, 1.807) is 12.4 Å². The van der Waals surface area contributed by atoms with Crippen molar-refractivity contribution in [2.75, 3.05) is 19.8 Å². The highest BCUT2D eigenvalue weighted by Crippen LogP contribution is 2.28. The highest BCUT2D eigenvalue weighted by atomic mass is 16.5. The molecule has 21 heavy (non-hydrogen) atoms. The van der Waals surface area contributed by atoms with Crippen molar-refractivity contribution < 1.29 is 14.3 Å². The minimum absolute atomic E-state index is 0.0762. The van der Waals surface area contributed by atoms with Crippen LogP contribution in [-0.4, -0.2) is 47.8 Å². The predicted octanol–water partition coefficient (Wildman–Crippen LogP) is 1.77. The number of aromatic nitrogens is 1. The Kier molecular flexibility index (Phi) is 4.83. The molecule has 1 atom stereocenters. The van der Waals surface area contributed by atoms with Gasteiger partial charge in [-0.15, -0.1) is 0 Å². The van der Waals surface area contributed by atoms with E-state index in [2.05, 4.69) is 4.98 Å². The van der Waals surface area contributed by atoms with Crippen LogP contribution in [0.3, 0.4) is 0 Å². The molecule has 1 aliphatic heterocycles. The van der Waals surface area contributed by atoms with Crippen molar-refractivity contribution in [1.82, 2.24) is 9.88 Å². The molecule has 0 bridgehead atoms. The van der Waals surface area contributed by atoms with Crippen molar-refractivity contribution in [2.24, 2.45) is 0 Å². The van der Waals surface area contributed by atoms with E-state index < -0.39 is 0 Å². The summed E-state index contributed by atoms with van der Waals surface area (Å²) in [6.07, 6.45) is 8.03. The molecule has 0 N–H and O–H groups in total. The van der Waals surface area contributed by atoms with E-state index in [4.69, 9.17) is 9.47 Å². The summed E-state index contributed by atoms with van der Waals surface area (Å²) in [5.74, 6) is 0.0762. The molecule has 5 nitrogen and oxygen atoms in total. The van der Waals surface area contributed by atoms with Crippen LogP contribution in [0.1, 0.15) is 31.2 Å². The van der Waals surface area contributed by atoms with Gasteiger partial charge in [0.1, 0.15) is 6.61 Å². The first-order valence-electron chi connectivity index (χ1n) is 7.70. The lowest BCUT2D eigenvalue weighted by Gasteiger charge is -2.23. The van der Waals surface area contributed by atoms with Gasteiger partial charge in [-0.3, -0.25) is 9.78 Å². The van der Waals surface area contributed by atoms with E-state index >= 15 is 0 Å². The third-order valence-electron chi connectivity index (χ3n) is 3.96. The van der Waals surface area contributed by atoms with Crippen molar-refractivity contribution in [3.63, 3.8) is 0 Å². The lowest BCUT2D eigenvalue weighted by molar-refractivity contribution is -0.138. The van der Waals surface area contributed by atoms with Crippen molar-refractivity contribution in [3.05, 3.63) is 30.1 Å². The van der Waals surface area contributed by atoms with Gasteiger partial charge < -0.3 is 14.4 Å². The summed E-state index contributed by atoms with van der Waals surface area (Å²) in [5.41, 5.74) is 1.12. The van der Waals surface area contributed by atoms with E-state index in [0.717, 1.165) is 37.9 Å². The summed E-state index contributed by atoms with van der Waals surface area (Å²) >= 11 is 0. The topological polar surface area (TPSA) is 51.7 Å². The fraction of sp³-hybridized carbons (Fsp3) is 0.625. The third-order valence-corrected chi connectivity index (χ3v) is 3.96. The molecular formula is C16H22N2O3. The smallest absolute Gasteiger partial charge is 0.249 e. The third kappa shape index (κ3) is 4.25. The average Bonchev–Trinajstić information content (AvgIpc) is 3.22. The van der Waals surface area contributed by atoms with Gasteiger partial charge in [0.2, 0.25) is 5.91 Å². The Bertz CT molecular complexity index is 456. The monoisotopic (exact) mass is 290 g/mol. The maximum Gasteiger partial charge on any atom is 0.249 e. The Morgan fingerprint density at radius 2 is 2.14 bits per heavy atom. The van der Waals surface area contributed by atoms with Crippen LogP contribution in [0.15, 0.2) is 24.5 Å². The van der Waals surface area contributed by atoms with Crippen LogP contribution in [0.25, 0.3) is 0 Å². The van der Waals surface area contributed by atoms with Crippen molar-refractivity contribution in [3.8, 4) is 0 Å². The first kappa shape index (κ1) is 14.5. The number of rotatable bonds is 7. The summed E-state index contributed by atoms with van der Waals surface area (Å²) in [7, 11) is 0. The Morgan fingerprint density at radius 3 is 2.81 bits per heavy atom. The summed E-state index contributed by atoms with van der Waals surface area (Å²) < 4.78 is 11.0. The second-order valence-electron chi connectivity index (χ2n) is 5.76. The lowest BCUT2D eigenvalue weighted by Crippen LogP contribution is -2.36. The van der Waals surface area contributed by atoms with E-state index in [1.807, 2.05) is 17.0 Å². The van der Waals surface area contributed by atoms with Gasteiger partial charge >= 0.3 is 0 Å². The van der Waals surface area contributed by atoms with Gasteiger partial charge in [-0.2, -0.15) is 0 Å². The van der Waals surface area contributed by atoms with Crippen molar-refractivity contribution >= 4 is 5.91 Å². The Hall–Kier alpha value is -1.46. The van der Waals surface area contributed by atoms with Gasteiger partial charge in [0, 0.05) is 31.6 Å². The van der Waals surface area contributed by atoms with Crippen LogP contribution in [-0.2, 0) is 20.8 Å². The number of carbonyl (C=O) groups excluding carboxylic acids is 1. The van der Waals surface area contributed by atoms with Crippen molar-refractivity contribution in [2.45, 2.75) is 44.4 Å². The summed E-state index contributed by atoms with van der Waals surface area (Å²) in [4.78, 5) is 18.3. The summed E-state index contributed by atoms with van der Waals surface area (Å²) in [6.45, 7) is 2.15. The molecule has 5 heteroatoms. The lowest BCUT2D eigenvalue weighted by atomic mass is 10.2. The Morgan fingerprint density at radius 1 is 1.33 bits per heavy atom. The zero-order valence-corrected chi connectivity index (χ0v) is 12.2. The molecule has 2 fully saturated rings. The minimum Gasteiger partial charge on any atom is -0.376 e. The Balaban J connectivity index is 1.47. The number of nitrogens with zero attached hydrogens (tertiary/aromatic N) is 2. The van der Waals surface area contributed by atoms with Crippen LogP contribution in [0.5, 0.6) is 0 Å². The second-order valence-corrected chi connectivity index (χ2v) is 5.76. The van der Waals surface area contributed by atoms with Gasteiger partial charge in [0.05, 0.1) is 12.7 Å². The van der Waals surface area contributed by atoms with E-state index in [1.165, 1.54) is 0 Å². The quantitative estimate of drug-likeness (QED) is 0.768. The van der Waals surface area contributed by atoms with Crippen LogP contribution >= 0.6 is 0 Å². The number of ether oxygens (including phenoxy) is 2. The van der Waals surface area contributed by atoms with Gasteiger partial charge in [0.25, 0.3) is 0 Å². The highest BCUT2D eigenvalue weighted by molar-refractivity contribution is 5.78. The normalized spacial score (nSPS) is 21.4. The minimum atomic E-state index is 0.0762. The highest BCUT2D eigenvalue weighted by Gasteiger charge is 2.32. The standard InChI is InChI=1S/C16H22N2O3/c19-16(12-20-11-15-2-1-9-21-15)18(14-3-4-14)10-13-5-7-17-8-6-13/h5-8,14-15H,1-4,9-12H2/t15-/m1/s1. The predicted molar refractivity (Wildman–Crippen MR) is 77.6 cm³/mol. The molecule has 114 valence electrons. The second kappa shape index (κ2) is 7.00. The number of hydrogen-bond donors (Lipinski definition) is 0. The molecule has 1 aromatic heterocycles. The molecule has 0 aromatic carbocycles. The number of pyridine rings is 1. The summed E-state index contributed by atoms with van der Waals surface area (Å²) in [6, 6.07) is 4.29. The molecule has 1 saturated carbocycles. The molecule has 0 unspecified atom stereocenters. The summed E-state index contributed by atoms with van der Waals surface area (Å²) in [5, 5.41) is 0. The first-order chi connectivity index (χ1) is 10.3. The van der Waals surface area contributed by atoms with E-state index in [9.17, 15) is 4.79 Å². The molecule has 1 saturated heterocycles. The maximum atomic E-state index is 12.3. The number of hydrogen-bond acceptors (Lipinski definition) is 4. The first-order valence-corrected chi connectivity index (χ1v) is 7.70. The van der Waals surface area contributed by atoms with Gasteiger partial charge in [0.15, 0.2) is 0 Å². The van der Waals surface area contributed by atoms with Crippen LogP contribution in [0.2, 0.25) is 0 Å². The van der Waals surface area contributed by atoms with Crippen LogP contribution in [0.4, 0.5) is 0 Å². The van der Waals surface area contributed by atoms with Gasteiger partial charge in [-0.05, 0) is 43.4 Å². The van der Waals surface area contributed by atoms with Gasteiger partial charge in [-0.25, -0.2) is 0 Å².